The lowest BCUT2D eigenvalue weighted by Gasteiger charge is -2.26. The Morgan fingerprint density at radius 2 is 1.88 bits per heavy atom. The summed E-state index contributed by atoms with van der Waals surface area (Å²) in [6.07, 6.45) is 13.2. The Bertz CT molecular complexity index is 304. The molecule has 3 atom stereocenters. The lowest BCUT2D eigenvalue weighted by atomic mass is 9.90. The Morgan fingerprint density at radius 3 is 2.50 bits per heavy atom. The summed E-state index contributed by atoms with van der Waals surface area (Å²) in [5.74, 6) is 1.88. The van der Waals surface area contributed by atoms with E-state index < -0.39 is 0 Å². The van der Waals surface area contributed by atoms with Crippen LogP contribution in [0.4, 0.5) is 0 Å². The van der Waals surface area contributed by atoms with Gasteiger partial charge in [0.2, 0.25) is 5.91 Å². The molecule has 0 heterocycles. The third kappa shape index (κ3) is 1.90. The lowest BCUT2D eigenvalue weighted by molar-refractivity contribution is -0.126. The van der Waals surface area contributed by atoms with Crippen LogP contribution in [0.15, 0.2) is 12.2 Å². The van der Waals surface area contributed by atoms with Gasteiger partial charge in [-0.2, -0.15) is 0 Å². The molecule has 0 aromatic carbocycles. The van der Waals surface area contributed by atoms with Gasteiger partial charge >= 0.3 is 0 Å². The monoisotopic (exact) mass is 219 g/mol. The third-order valence-corrected chi connectivity index (χ3v) is 4.57. The van der Waals surface area contributed by atoms with Gasteiger partial charge in [0.15, 0.2) is 0 Å². The highest BCUT2D eigenvalue weighted by Crippen LogP contribution is 2.43. The van der Waals surface area contributed by atoms with Crippen molar-refractivity contribution in [2.45, 2.75) is 51.0 Å². The number of amides is 1. The minimum absolute atomic E-state index is 0.289. The minimum Gasteiger partial charge on any atom is -0.353 e. The van der Waals surface area contributed by atoms with E-state index in [9.17, 15) is 4.79 Å². The smallest absolute Gasteiger partial charge is 0.223 e. The summed E-state index contributed by atoms with van der Waals surface area (Å²) < 4.78 is 0. The predicted molar refractivity (Wildman–Crippen MR) is 63.9 cm³/mol. The van der Waals surface area contributed by atoms with Crippen LogP contribution in [0.3, 0.4) is 0 Å². The molecule has 3 aliphatic carbocycles. The van der Waals surface area contributed by atoms with Crippen molar-refractivity contribution in [2.75, 3.05) is 0 Å². The standard InChI is InChI=1S/C14H21NO/c16-14(15-12-4-2-1-3-5-12)13-9-10-6-7-11(13)8-10/h6-7,10-13H,1-5,8-9H2,(H,15,16). The normalized spacial score (nSPS) is 37.9. The first-order chi connectivity index (χ1) is 7.83. The second kappa shape index (κ2) is 4.23. The first-order valence-corrected chi connectivity index (χ1v) is 6.81. The number of fused-ring (bicyclic) bond motifs is 2. The van der Waals surface area contributed by atoms with Crippen LogP contribution in [0.5, 0.6) is 0 Å². The van der Waals surface area contributed by atoms with Crippen molar-refractivity contribution in [3.8, 4) is 0 Å². The molecule has 0 spiro atoms. The highest BCUT2D eigenvalue weighted by Gasteiger charge is 2.40. The zero-order chi connectivity index (χ0) is 11.0. The van der Waals surface area contributed by atoms with Gasteiger partial charge in [-0.25, -0.2) is 0 Å². The van der Waals surface area contributed by atoms with Crippen LogP contribution in [-0.4, -0.2) is 11.9 Å². The summed E-state index contributed by atoms with van der Waals surface area (Å²) in [4.78, 5) is 12.2. The van der Waals surface area contributed by atoms with Crippen molar-refractivity contribution in [1.82, 2.24) is 5.32 Å². The molecule has 0 aromatic rings. The average Bonchev–Trinajstić information content (AvgIpc) is 2.92. The Morgan fingerprint density at radius 1 is 1.06 bits per heavy atom. The number of rotatable bonds is 2. The van der Waals surface area contributed by atoms with Gasteiger partial charge in [-0.05, 0) is 37.5 Å². The molecule has 0 radical (unpaired) electrons. The predicted octanol–water partition coefficient (Wildman–Crippen LogP) is 2.65. The third-order valence-electron chi connectivity index (χ3n) is 4.57. The molecule has 1 N–H and O–H groups in total. The molecule has 3 rings (SSSR count). The van der Waals surface area contributed by atoms with E-state index in [-0.39, 0.29) is 5.92 Å². The topological polar surface area (TPSA) is 29.1 Å². The van der Waals surface area contributed by atoms with Gasteiger partial charge in [0.05, 0.1) is 0 Å². The molecule has 3 aliphatic rings. The number of nitrogens with one attached hydrogen (secondary N) is 1. The highest BCUT2D eigenvalue weighted by molar-refractivity contribution is 5.80. The second-order valence-electron chi connectivity index (χ2n) is 5.73. The van der Waals surface area contributed by atoms with E-state index in [0.29, 0.717) is 23.8 Å². The molecule has 88 valence electrons. The van der Waals surface area contributed by atoms with Gasteiger partial charge < -0.3 is 5.32 Å². The molecule has 16 heavy (non-hydrogen) atoms. The minimum atomic E-state index is 0.289. The Balaban J connectivity index is 1.55. The summed E-state index contributed by atoms with van der Waals surface area (Å²) in [7, 11) is 0. The van der Waals surface area contributed by atoms with E-state index in [4.69, 9.17) is 0 Å². The SMILES string of the molecule is O=C(NC1CCCCC1)C1CC2C=CC1C2. The van der Waals surface area contributed by atoms with E-state index in [0.717, 1.165) is 6.42 Å². The summed E-state index contributed by atoms with van der Waals surface area (Å²) in [5.41, 5.74) is 0. The van der Waals surface area contributed by atoms with Crippen molar-refractivity contribution in [1.29, 1.82) is 0 Å². The highest BCUT2D eigenvalue weighted by atomic mass is 16.2. The molecule has 3 unspecified atom stereocenters. The van der Waals surface area contributed by atoms with E-state index in [1.807, 2.05) is 0 Å². The number of hydrogen-bond acceptors (Lipinski definition) is 1. The summed E-state index contributed by atoms with van der Waals surface area (Å²) in [6, 6.07) is 0.476. The molecular weight excluding hydrogens is 198 g/mol. The van der Waals surface area contributed by atoms with E-state index in [1.54, 1.807) is 0 Å². The average molecular weight is 219 g/mol. The van der Waals surface area contributed by atoms with Gasteiger partial charge in [-0.15, -0.1) is 0 Å². The van der Waals surface area contributed by atoms with Crippen LogP contribution in [0, 0.1) is 17.8 Å². The molecule has 0 aromatic heterocycles. The van der Waals surface area contributed by atoms with Crippen LogP contribution < -0.4 is 5.32 Å². The Kier molecular flexibility index (Phi) is 2.74. The largest absolute Gasteiger partial charge is 0.353 e. The van der Waals surface area contributed by atoms with Crippen LogP contribution in [0.2, 0.25) is 0 Å². The van der Waals surface area contributed by atoms with Crippen LogP contribution >= 0.6 is 0 Å². The summed E-state index contributed by atoms with van der Waals surface area (Å²) in [6.45, 7) is 0. The van der Waals surface area contributed by atoms with Gasteiger partial charge in [-0.3, -0.25) is 4.79 Å². The molecular formula is C14H21NO. The second-order valence-corrected chi connectivity index (χ2v) is 5.73. The molecule has 2 nitrogen and oxygen atoms in total. The zero-order valence-electron chi connectivity index (χ0n) is 9.82. The van der Waals surface area contributed by atoms with Crippen LogP contribution in [-0.2, 0) is 4.79 Å². The lowest BCUT2D eigenvalue weighted by Crippen LogP contribution is -2.41. The summed E-state index contributed by atoms with van der Waals surface area (Å²) >= 11 is 0. The number of carbonyl (C=O) groups is 1. The fourth-order valence-corrected chi connectivity index (χ4v) is 3.64. The van der Waals surface area contributed by atoms with Gasteiger partial charge in [0.25, 0.3) is 0 Å². The molecule has 2 fully saturated rings. The molecule has 0 aliphatic heterocycles. The fraction of sp³-hybridized carbons (Fsp3) is 0.786. The van der Waals surface area contributed by atoms with Crippen molar-refractivity contribution in [3.63, 3.8) is 0 Å². The Labute approximate surface area is 97.5 Å². The number of carbonyl (C=O) groups excluding carboxylic acids is 1. The first-order valence-electron chi connectivity index (χ1n) is 6.81. The van der Waals surface area contributed by atoms with Crippen LogP contribution in [0.1, 0.15) is 44.9 Å². The van der Waals surface area contributed by atoms with Gasteiger partial charge in [0.1, 0.15) is 0 Å². The molecule has 0 saturated heterocycles. The number of allylic oxidation sites excluding steroid dienone is 2. The molecule has 2 bridgehead atoms. The number of hydrogen-bond donors (Lipinski definition) is 1. The van der Waals surface area contributed by atoms with Gasteiger partial charge in [-0.1, -0.05) is 31.4 Å². The van der Waals surface area contributed by atoms with Crippen molar-refractivity contribution in [2.24, 2.45) is 17.8 Å². The fourth-order valence-electron chi connectivity index (χ4n) is 3.64. The maximum absolute atomic E-state index is 12.2. The molecule has 2 saturated carbocycles. The molecule has 1 amide bonds. The van der Waals surface area contributed by atoms with Gasteiger partial charge in [0, 0.05) is 12.0 Å². The van der Waals surface area contributed by atoms with Crippen molar-refractivity contribution < 1.29 is 4.79 Å². The van der Waals surface area contributed by atoms with E-state index in [2.05, 4.69) is 17.5 Å². The quantitative estimate of drug-likeness (QED) is 0.711. The van der Waals surface area contributed by atoms with Crippen molar-refractivity contribution in [3.05, 3.63) is 12.2 Å². The summed E-state index contributed by atoms with van der Waals surface area (Å²) in [5, 5.41) is 3.27. The maximum Gasteiger partial charge on any atom is 0.223 e. The van der Waals surface area contributed by atoms with E-state index in [1.165, 1.54) is 38.5 Å². The van der Waals surface area contributed by atoms with E-state index >= 15 is 0 Å². The van der Waals surface area contributed by atoms with Crippen molar-refractivity contribution >= 4 is 5.91 Å². The first kappa shape index (κ1) is 10.4. The molecule has 2 heteroatoms. The van der Waals surface area contributed by atoms with Crippen LogP contribution in [0.25, 0.3) is 0 Å². The zero-order valence-corrected chi connectivity index (χ0v) is 9.82. The maximum atomic E-state index is 12.2. The Hall–Kier alpha value is -0.790.